The predicted molar refractivity (Wildman–Crippen MR) is 104 cm³/mol. The number of phenols is 1. The van der Waals surface area contributed by atoms with Gasteiger partial charge in [-0.05, 0) is 57.7 Å². The fourth-order valence-electron chi connectivity index (χ4n) is 4.56. The van der Waals surface area contributed by atoms with Gasteiger partial charge < -0.3 is 19.3 Å². The van der Waals surface area contributed by atoms with E-state index < -0.39 is 11.0 Å². The maximum atomic E-state index is 13.4. The molecule has 1 aromatic carbocycles. The average molecular weight is 388 g/mol. The quantitative estimate of drug-likeness (QED) is 0.854. The molecule has 28 heavy (non-hydrogen) atoms. The number of carbonyl (C=O) groups excluding carboxylic acids is 2. The highest BCUT2D eigenvalue weighted by molar-refractivity contribution is 6.18. The lowest BCUT2D eigenvalue weighted by Crippen LogP contribution is -2.68. The number of benzene rings is 1. The highest BCUT2D eigenvalue weighted by Crippen LogP contribution is 2.54. The van der Waals surface area contributed by atoms with Crippen LogP contribution >= 0.6 is 0 Å². The molecule has 0 bridgehead atoms. The molecule has 1 aromatic rings. The number of Topliss-reactive ketones (excluding diaryl/α,β-unsaturated/α-hetero) is 2. The Kier molecular flexibility index (Phi) is 4.92. The Morgan fingerprint density at radius 1 is 1.00 bits per heavy atom. The molecule has 0 fully saturated rings. The average Bonchev–Trinajstić information content (AvgIpc) is 2.67. The van der Waals surface area contributed by atoms with Crippen LogP contribution in [0.3, 0.4) is 0 Å². The number of allylic oxidation sites excluding steroid dienone is 1. The van der Waals surface area contributed by atoms with E-state index in [0.717, 1.165) is 5.56 Å². The summed E-state index contributed by atoms with van der Waals surface area (Å²) in [7, 11) is 3.05. The van der Waals surface area contributed by atoms with Gasteiger partial charge in [0.1, 0.15) is 11.5 Å². The van der Waals surface area contributed by atoms with Gasteiger partial charge in [0.15, 0.2) is 5.78 Å². The first-order valence-electron chi connectivity index (χ1n) is 9.35. The van der Waals surface area contributed by atoms with Crippen LogP contribution in [0.5, 0.6) is 11.5 Å². The van der Waals surface area contributed by atoms with Gasteiger partial charge in [0, 0.05) is 30.9 Å². The van der Waals surface area contributed by atoms with Crippen molar-refractivity contribution < 1.29 is 28.9 Å². The van der Waals surface area contributed by atoms with Crippen molar-refractivity contribution in [2.45, 2.75) is 53.2 Å². The molecule has 6 nitrogen and oxygen atoms in total. The second-order valence-corrected chi connectivity index (χ2v) is 8.10. The zero-order chi connectivity index (χ0) is 21.0. The summed E-state index contributed by atoms with van der Waals surface area (Å²) >= 11 is 0. The van der Waals surface area contributed by atoms with E-state index in [4.69, 9.17) is 14.2 Å². The van der Waals surface area contributed by atoms with E-state index in [1.165, 1.54) is 7.11 Å². The summed E-state index contributed by atoms with van der Waals surface area (Å²) in [6.45, 7) is 8.90. The van der Waals surface area contributed by atoms with Crippen molar-refractivity contribution in [3.8, 4) is 11.5 Å². The number of phenolic OH excluding ortho intramolecular Hbond substituents is 1. The third-order valence-corrected chi connectivity index (χ3v) is 6.63. The number of methoxy groups -OCH3 is 2. The Morgan fingerprint density at radius 2 is 1.61 bits per heavy atom. The van der Waals surface area contributed by atoms with E-state index in [1.54, 1.807) is 34.8 Å². The van der Waals surface area contributed by atoms with Gasteiger partial charge in [0.25, 0.3) is 0 Å². The third kappa shape index (κ3) is 2.40. The predicted octanol–water partition coefficient (Wildman–Crippen LogP) is 2.97. The van der Waals surface area contributed by atoms with Crippen LogP contribution in [-0.4, -0.2) is 43.1 Å². The minimum atomic E-state index is -1.44. The van der Waals surface area contributed by atoms with Gasteiger partial charge in [-0.15, -0.1) is 0 Å². The highest BCUT2D eigenvalue weighted by atomic mass is 16.5. The van der Waals surface area contributed by atoms with Crippen molar-refractivity contribution in [3.05, 3.63) is 33.4 Å². The van der Waals surface area contributed by atoms with Gasteiger partial charge in [0.05, 0.1) is 18.6 Å². The molecule has 1 aliphatic heterocycles. The molecule has 0 aromatic heterocycles. The van der Waals surface area contributed by atoms with Crippen LogP contribution in [0.15, 0.2) is 11.1 Å². The molecule has 3 rings (SSSR count). The van der Waals surface area contributed by atoms with Crippen LogP contribution in [0, 0.1) is 19.3 Å². The number of fused-ring (bicyclic) bond motifs is 2. The summed E-state index contributed by atoms with van der Waals surface area (Å²) in [5, 5.41) is 10.7. The molecule has 0 radical (unpaired) electrons. The van der Waals surface area contributed by atoms with Crippen LogP contribution in [0.1, 0.15) is 43.0 Å². The lowest BCUT2D eigenvalue weighted by Gasteiger charge is -2.52. The summed E-state index contributed by atoms with van der Waals surface area (Å²) in [6.07, 6.45) is 0.258. The fraction of sp³-hybridized carbons (Fsp3) is 0.545. The van der Waals surface area contributed by atoms with E-state index in [0.29, 0.717) is 33.6 Å². The van der Waals surface area contributed by atoms with Gasteiger partial charge in [-0.1, -0.05) is 0 Å². The number of rotatable bonds is 4. The van der Waals surface area contributed by atoms with Gasteiger partial charge in [-0.3, -0.25) is 9.59 Å². The molecule has 0 spiro atoms. The molecule has 1 heterocycles. The van der Waals surface area contributed by atoms with E-state index in [9.17, 15) is 14.7 Å². The zero-order valence-corrected chi connectivity index (χ0v) is 17.6. The van der Waals surface area contributed by atoms with E-state index in [2.05, 4.69) is 0 Å². The topological polar surface area (TPSA) is 82.1 Å². The molecule has 6 heteroatoms. The number of hydrogen-bond acceptors (Lipinski definition) is 6. The van der Waals surface area contributed by atoms with E-state index in [-0.39, 0.29) is 37.0 Å². The summed E-state index contributed by atoms with van der Waals surface area (Å²) in [5.41, 5.74) is 0.999. The fourth-order valence-corrected chi connectivity index (χ4v) is 4.56. The number of carbonyl (C=O) groups is 2. The number of ketones is 2. The van der Waals surface area contributed by atoms with Crippen molar-refractivity contribution in [2.24, 2.45) is 5.41 Å². The van der Waals surface area contributed by atoms with Crippen molar-refractivity contribution in [3.63, 3.8) is 0 Å². The van der Waals surface area contributed by atoms with Crippen molar-refractivity contribution in [2.75, 3.05) is 20.8 Å². The normalized spacial score (nSPS) is 26.8. The standard InChI is InChI=1S/C22H28O6/c1-11-12(2)18-15(16(9-26-6)17(11)23)8-21(5)19(24)13(3)14(4)20(25)22(21,28-18)10-27-7/h23H,8-10H2,1-7H3/t21-,22+/m0/s1. The van der Waals surface area contributed by atoms with Crippen LogP contribution in [0.25, 0.3) is 0 Å². The second-order valence-electron chi connectivity index (χ2n) is 8.10. The lowest BCUT2D eigenvalue weighted by atomic mass is 9.57. The maximum Gasteiger partial charge on any atom is 0.207 e. The molecule has 152 valence electrons. The van der Waals surface area contributed by atoms with Crippen molar-refractivity contribution >= 4 is 11.6 Å². The molecule has 0 saturated carbocycles. The Bertz CT molecular complexity index is 912. The Labute approximate surface area is 165 Å². The molecule has 0 saturated heterocycles. The summed E-state index contributed by atoms with van der Waals surface area (Å²) in [5.74, 6) is 0.319. The molecular formula is C22H28O6. The number of hydrogen-bond donors (Lipinski definition) is 1. The first-order valence-corrected chi connectivity index (χ1v) is 9.35. The zero-order valence-electron chi connectivity index (χ0n) is 17.6. The smallest absolute Gasteiger partial charge is 0.207 e. The lowest BCUT2D eigenvalue weighted by molar-refractivity contribution is -0.166. The van der Waals surface area contributed by atoms with Crippen molar-refractivity contribution in [1.82, 2.24) is 0 Å². The largest absolute Gasteiger partial charge is 0.507 e. The molecule has 2 atom stereocenters. The minimum absolute atomic E-state index is 0.0306. The summed E-state index contributed by atoms with van der Waals surface area (Å²) in [4.78, 5) is 26.8. The van der Waals surface area contributed by atoms with Crippen molar-refractivity contribution in [1.29, 1.82) is 0 Å². The second kappa shape index (κ2) is 6.71. The molecule has 1 N–H and O–H groups in total. The van der Waals surface area contributed by atoms with Crippen LogP contribution in [0.2, 0.25) is 0 Å². The number of aromatic hydroxyl groups is 1. The Balaban J connectivity index is 2.36. The van der Waals surface area contributed by atoms with Gasteiger partial charge in [-0.2, -0.15) is 0 Å². The van der Waals surface area contributed by atoms with Crippen LogP contribution < -0.4 is 4.74 Å². The van der Waals surface area contributed by atoms with Gasteiger partial charge in [0.2, 0.25) is 11.4 Å². The van der Waals surface area contributed by atoms with E-state index >= 15 is 0 Å². The summed E-state index contributed by atoms with van der Waals surface area (Å²) < 4.78 is 17.1. The molecular weight excluding hydrogens is 360 g/mol. The van der Waals surface area contributed by atoms with Gasteiger partial charge >= 0.3 is 0 Å². The third-order valence-electron chi connectivity index (χ3n) is 6.63. The van der Waals surface area contributed by atoms with Crippen LogP contribution in [-0.2, 0) is 32.1 Å². The van der Waals surface area contributed by atoms with Gasteiger partial charge in [-0.25, -0.2) is 0 Å². The minimum Gasteiger partial charge on any atom is -0.507 e. The molecule has 1 aliphatic carbocycles. The first-order chi connectivity index (χ1) is 13.1. The molecule has 2 aliphatic rings. The monoisotopic (exact) mass is 388 g/mol. The SMILES string of the molecule is COCc1c(O)c(C)c(C)c2c1C[C@@]1(C)C(=O)C(C)=C(C)C(=O)[C@@]1(COC)O2. The highest BCUT2D eigenvalue weighted by Gasteiger charge is 2.65. The summed E-state index contributed by atoms with van der Waals surface area (Å²) in [6, 6.07) is 0. The first kappa shape index (κ1) is 20.6. The van der Waals surface area contributed by atoms with E-state index in [1.807, 2.05) is 6.92 Å². The maximum absolute atomic E-state index is 13.4. The Hall–Kier alpha value is -2.18. The number of ether oxygens (including phenoxy) is 3. The Morgan fingerprint density at radius 3 is 2.18 bits per heavy atom. The molecule has 0 unspecified atom stereocenters. The molecule has 0 amide bonds. The van der Waals surface area contributed by atoms with Crippen LogP contribution in [0.4, 0.5) is 0 Å².